The van der Waals surface area contributed by atoms with Gasteiger partial charge in [0.15, 0.2) is 6.81 Å². The number of rotatable bonds is 10. The Bertz CT molecular complexity index is 707. The van der Waals surface area contributed by atoms with Gasteiger partial charge in [-0.1, -0.05) is 6.92 Å². The second-order valence-electron chi connectivity index (χ2n) is 7.60. The van der Waals surface area contributed by atoms with E-state index in [1.54, 1.807) is 19.9 Å². The normalized spacial score (nSPS) is 20.6. The molecule has 1 aliphatic carbocycles. The van der Waals surface area contributed by atoms with E-state index in [0.717, 1.165) is 31.6 Å². The first-order valence-electron chi connectivity index (χ1n) is 10.8. The van der Waals surface area contributed by atoms with Crippen LogP contribution in [0.2, 0.25) is 0 Å². The molecule has 2 aliphatic rings. The highest BCUT2D eigenvalue weighted by Crippen LogP contribution is 2.33. The Kier molecular flexibility index (Phi) is 5.96. The van der Waals surface area contributed by atoms with Gasteiger partial charge in [-0.3, -0.25) is 4.79 Å². The molecule has 0 aromatic carbocycles. The van der Waals surface area contributed by atoms with Crippen LogP contribution >= 0.6 is 0 Å². The van der Waals surface area contributed by atoms with Crippen LogP contribution in [0.15, 0.2) is 12.1 Å². The molecular formula is C20H30FN3O3. The van der Waals surface area contributed by atoms with Gasteiger partial charge in [0.05, 0.1) is 21.6 Å². The van der Waals surface area contributed by atoms with E-state index in [9.17, 15) is 9.18 Å². The quantitative estimate of drug-likeness (QED) is 0.674. The van der Waals surface area contributed by atoms with Gasteiger partial charge in [-0.25, -0.2) is 9.37 Å². The van der Waals surface area contributed by atoms with Crippen molar-refractivity contribution in [3.8, 4) is 5.88 Å². The van der Waals surface area contributed by atoms with Crippen molar-refractivity contribution in [1.82, 2.24) is 10.3 Å². The van der Waals surface area contributed by atoms with Crippen molar-refractivity contribution in [3.05, 3.63) is 17.8 Å². The van der Waals surface area contributed by atoms with Gasteiger partial charge in [-0.05, 0) is 56.6 Å². The summed E-state index contributed by atoms with van der Waals surface area (Å²) in [5.74, 6) is 0.454. The lowest BCUT2D eigenvalue weighted by Gasteiger charge is -2.22. The zero-order valence-corrected chi connectivity index (χ0v) is 16.0. The third-order valence-electron chi connectivity index (χ3n) is 5.29. The molecule has 27 heavy (non-hydrogen) atoms. The lowest BCUT2D eigenvalue weighted by Crippen LogP contribution is -2.39. The zero-order chi connectivity index (χ0) is 21.0. The van der Waals surface area contributed by atoms with Crippen molar-refractivity contribution in [2.75, 3.05) is 38.0 Å². The van der Waals surface area contributed by atoms with Gasteiger partial charge in [0, 0.05) is 19.1 Å². The molecular weight excluding hydrogens is 349 g/mol. The lowest BCUT2D eigenvalue weighted by molar-refractivity contribution is 0.0315. The third-order valence-corrected chi connectivity index (χ3v) is 5.29. The van der Waals surface area contributed by atoms with Crippen LogP contribution in [0.25, 0.3) is 0 Å². The minimum Gasteiger partial charge on any atom is -0.476 e. The van der Waals surface area contributed by atoms with E-state index in [2.05, 4.69) is 19.9 Å². The number of hydrogen-bond donors (Lipinski definition) is 1. The number of pyridine rings is 1. The number of carbonyl (C=O) groups excluding carboxylic acids is 1. The first kappa shape index (κ1) is 17.2. The molecule has 1 aliphatic heterocycles. The average Bonchev–Trinajstić information content (AvgIpc) is 3.34. The Morgan fingerprint density at radius 1 is 1.41 bits per heavy atom. The summed E-state index contributed by atoms with van der Waals surface area (Å²) in [6.45, 7) is 2.73. The molecule has 1 aromatic heterocycles. The summed E-state index contributed by atoms with van der Waals surface area (Å²) in [6.07, 6.45) is 4.62. The Morgan fingerprint density at radius 3 is 2.81 bits per heavy atom. The SMILES string of the molecule is [2H]C([2H])(F)OCC(C)[C@H](C)NC(=O)c1ccc(N2CCCC2)c(OCC2CC2)n1. The fraction of sp³-hybridized carbons (Fsp3) is 0.700. The van der Waals surface area contributed by atoms with Gasteiger partial charge in [-0.2, -0.15) is 0 Å². The molecule has 0 radical (unpaired) electrons. The van der Waals surface area contributed by atoms with Gasteiger partial charge in [0.25, 0.3) is 5.91 Å². The summed E-state index contributed by atoms with van der Waals surface area (Å²) in [4.78, 5) is 19.4. The molecule has 7 heteroatoms. The van der Waals surface area contributed by atoms with Crippen molar-refractivity contribution < 1.29 is 21.4 Å². The first-order valence-corrected chi connectivity index (χ1v) is 9.75. The van der Waals surface area contributed by atoms with Crippen molar-refractivity contribution in [2.24, 2.45) is 11.8 Å². The zero-order valence-electron chi connectivity index (χ0n) is 18.0. The molecule has 1 saturated carbocycles. The second kappa shape index (κ2) is 9.35. The van der Waals surface area contributed by atoms with Crippen LogP contribution in [0.3, 0.4) is 0 Å². The minimum atomic E-state index is -3.18. The molecule has 1 unspecified atom stereocenters. The number of ether oxygens (including phenoxy) is 2. The van der Waals surface area contributed by atoms with Gasteiger partial charge < -0.3 is 19.7 Å². The van der Waals surface area contributed by atoms with Crippen molar-refractivity contribution in [1.29, 1.82) is 0 Å². The number of nitrogens with one attached hydrogen (secondary N) is 1. The Hall–Kier alpha value is -1.89. The van der Waals surface area contributed by atoms with E-state index in [4.69, 9.17) is 7.48 Å². The molecule has 0 bridgehead atoms. The van der Waals surface area contributed by atoms with Crippen LogP contribution in [-0.4, -0.2) is 50.0 Å². The number of hydrogen-bond acceptors (Lipinski definition) is 5. The van der Waals surface area contributed by atoms with Crippen molar-refractivity contribution in [2.45, 2.75) is 45.6 Å². The number of aromatic nitrogens is 1. The van der Waals surface area contributed by atoms with E-state index >= 15 is 0 Å². The summed E-state index contributed by atoms with van der Waals surface area (Å²) in [5, 5.41) is 2.83. The Labute approximate surface area is 163 Å². The molecule has 3 rings (SSSR count). The number of anilines is 1. The summed E-state index contributed by atoms with van der Waals surface area (Å²) >= 11 is 0. The average molecular weight is 381 g/mol. The van der Waals surface area contributed by atoms with E-state index < -0.39 is 6.81 Å². The molecule has 0 spiro atoms. The second-order valence-corrected chi connectivity index (χ2v) is 7.60. The van der Waals surface area contributed by atoms with E-state index in [-0.39, 0.29) is 30.2 Å². The summed E-state index contributed by atoms with van der Waals surface area (Å²) in [5.41, 5.74) is 1.19. The van der Waals surface area contributed by atoms with E-state index in [1.165, 1.54) is 12.8 Å². The van der Waals surface area contributed by atoms with Crippen LogP contribution < -0.4 is 15.0 Å². The van der Waals surface area contributed by atoms with Gasteiger partial charge in [0.1, 0.15) is 5.69 Å². The predicted molar refractivity (Wildman–Crippen MR) is 102 cm³/mol. The summed E-state index contributed by atoms with van der Waals surface area (Å²) in [6, 6.07) is 3.24. The number of amides is 1. The summed E-state index contributed by atoms with van der Waals surface area (Å²) in [7, 11) is 0. The fourth-order valence-corrected chi connectivity index (χ4v) is 3.08. The predicted octanol–water partition coefficient (Wildman–Crippen LogP) is 3.17. The maximum atomic E-state index is 12.9. The number of halogens is 1. The van der Waals surface area contributed by atoms with Crippen LogP contribution in [0.5, 0.6) is 5.88 Å². The molecule has 6 nitrogen and oxygen atoms in total. The highest BCUT2D eigenvalue weighted by atomic mass is 19.1. The smallest absolute Gasteiger partial charge is 0.270 e. The van der Waals surface area contributed by atoms with Crippen LogP contribution in [0.1, 0.15) is 52.8 Å². The third kappa shape index (κ3) is 5.54. The maximum Gasteiger partial charge on any atom is 0.270 e. The number of alkyl halides is 1. The molecule has 1 saturated heterocycles. The lowest BCUT2D eigenvalue weighted by atomic mass is 10.1. The number of nitrogens with zero attached hydrogens (tertiary/aromatic N) is 2. The molecule has 150 valence electrons. The Balaban J connectivity index is 1.64. The van der Waals surface area contributed by atoms with Crippen molar-refractivity contribution in [3.63, 3.8) is 0 Å². The van der Waals surface area contributed by atoms with Crippen LogP contribution in [0.4, 0.5) is 10.1 Å². The van der Waals surface area contributed by atoms with E-state index in [0.29, 0.717) is 18.4 Å². The molecule has 1 N–H and O–H groups in total. The van der Waals surface area contributed by atoms with E-state index in [1.807, 2.05) is 6.07 Å². The van der Waals surface area contributed by atoms with Crippen LogP contribution in [-0.2, 0) is 4.74 Å². The first-order chi connectivity index (χ1) is 13.7. The largest absolute Gasteiger partial charge is 0.476 e. The van der Waals surface area contributed by atoms with Gasteiger partial charge in [0.2, 0.25) is 5.88 Å². The number of carbonyl (C=O) groups is 1. The van der Waals surface area contributed by atoms with Crippen LogP contribution in [0, 0.1) is 11.8 Å². The fourth-order valence-electron chi connectivity index (χ4n) is 3.08. The topological polar surface area (TPSA) is 63.7 Å². The highest BCUT2D eigenvalue weighted by Gasteiger charge is 2.25. The highest BCUT2D eigenvalue weighted by molar-refractivity contribution is 5.93. The molecule has 2 heterocycles. The molecule has 1 aromatic rings. The molecule has 1 amide bonds. The van der Waals surface area contributed by atoms with Crippen molar-refractivity contribution >= 4 is 11.6 Å². The monoisotopic (exact) mass is 381 g/mol. The molecule has 2 fully saturated rings. The standard InChI is InChI=1S/C20H30FN3O3/c1-14(11-26-13-21)15(2)22-19(25)17-7-8-18(24-9-3-4-10-24)20(23-17)27-12-16-5-6-16/h7-8,14-16H,3-6,9-13H2,1-2H3,(H,22,25)/t14?,15-/m0/s1/i13D2. The van der Waals surface area contributed by atoms with Gasteiger partial charge in [-0.15, -0.1) is 0 Å². The Morgan fingerprint density at radius 2 is 2.15 bits per heavy atom. The summed E-state index contributed by atoms with van der Waals surface area (Å²) < 4.78 is 36.9. The maximum absolute atomic E-state index is 12.9. The minimum absolute atomic E-state index is 0.151. The molecule has 2 atom stereocenters. The van der Waals surface area contributed by atoms with Gasteiger partial charge >= 0.3 is 0 Å².